The molecular formula is C18H18ClNO3. The third-order valence-corrected chi connectivity index (χ3v) is 3.64. The number of para-hydroxylation sites is 1. The first-order chi connectivity index (χ1) is 11.0. The maximum Gasteiger partial charge on any atom is 0.248 e. The van der Waals surface area contributed by atoms with E-state index in [0.29, 0.717) is 22.2 Å². The molecule has 0 saturated heterocycles. The summed E-state index contributed by atoms with van der Waals surface area (Å²) in [5, 5.41) is 3.29. The van der Waals surface area contributed by atoms with Crippen LogP contribution in [-0.2, 0) is 4.79 Å². The summed E-state index contributed by atoms with van der Waals surface area (Å²) in [4.78, 5) is 12.1. The van der Waals surface area contributed by atoms with Crippen molar-refractivity contribution in [3.8, 4) is 11.5 Å². The number of aryl methyl sites for hydroxylation is 1. The number of carbonyl (C=O) groups is 1. The third-order valence-electron chi connectivity index (χ3n) is 3.32. The summed E-state index contributed by atoms with van der Waals surface area (Å²) in [6, 6.07) is 10.8. The highest BCUT2D eigenvalue weighted by molar-refractivity contribution is 6.34. The monoisotopic (exact) mass is 331 g/mol. The minimum Gasteiger partial charge on any atom is -0.497 e. The van der Waals surface area contributed by atoms with Crippen LogP contribution in [-0.4, -0.2) is 20.1 Å². The number of methoxy groups -OCH3 is 2. The maximum atomic E-state index is 12.1. The Hall–Kier alpha value is -2.46. The summed E-state index contributed by atoms with van der Waals surface area (Å²) in [7, 11) is 3.16. The van der Waals surface area contributed by atoms with Gasteiger partial charge in [0.05, 0.1) is 24.9 Å². The number of carbonyl (C=O) groups excluding carboxylic acids is 1. The van der Waals surface area contributed by atoms with Gasteiger partial charge < -0.3 is 14.8 Å². The molecule has 0 fully saturated rings. The van der Waals surface area contributed by atoms with Crippen LogP contribution in [0.3, 0.4) is 0 Å². The molecule has 120 valence electrons. The van der Waals surface area contributed by atoms with Crippen LogP contribution in [0.25, 0.3) is 6.08 Å². The van der Waals surface area contributed by atoms with Crippen molar-refractivity contribution in [1.82, 2.24) is 0 Å². The summed E-state index contributed by atoms with van der Waals surface area (Å²) in [6.07, 6.45) is 3.10. The Bertz CT molecular complexity index is 721. The van der Waals surface area contributed by atoms with E-state index in [1.54, 1.807) is 44.6 Å². The molecule has 0 radical (unpaired) electrons. The predicted octanol–water partition coefficient (Wildman–Crippen LogP) is 4.32. The van der Waals surface area contributed by atoms with E-state index in [2.05, 4.69) is 5.32 Å². The molecule has 1 amide bonds. The van der Waals surface area contributed by atoms with Gasteiger partial charge >= 0.3 is 0 Å². The SMILES string of the molecule is COc1ccc(OC)c(/C=C/C(=O)Nc2c(C)cccc2Cl)c1. The highest BCUT2D eigenvalue weighted by Crippen LogP contribution is 2.26. The van der Waals surface area contributed by atoms with Gasteiger partial charge in [-0.3, -0.25) is 4.79 Å². The van der Waals surface area contributed by atoms with E-state index in [-0.39, 0.29) is 5.91 Å². The Kier molecular flexibility index (Phi) is 5.66. The Morgan fingerprint density at radius 3 is 2.61 bits per heavy atom. The number of halogens is 1. The zero-order valence-corrected chi connectivity index (χ0v) is 14.0. The lowest BCUT2D eigenvalue weighted by Crippen LogP contribution is -2.09. The lowest BCUT2D eigenvalue weighted by atomic mass is 10.1. The molecule has 0 bridgehead atoms. The maximum absolute atomic E-state index is 12.1. The average molecular weight is 332 g/mol. The fourth-order valence-corrected chi connectivity index (χ4v) is 2.36. The van der Waals surface area contributed by atoms with Crippen molar-refractivity contribution in [3.63, 3.8) is 0 Å². The van der Waals surface area contributed by atoms with Gasteiger partial charge in [-0.05, 0) is 42.8 Å². The Labute approximate surface area is 140 Å². The van der Waals surface area contributed by atoms with Crippen LogP contribution in [0, 0.1) is 6.92 Å². The quantitative estimate of drug-likeness (QED) is 0.830. The van der Waals surface area contributed by atoms with E-state index in [9.17, 15) is 4.79 Å². The van der Waals surface area contributed by atoms with Gasteiger partial charge in [0.2, 0.25) is 5.91 Å². The molecule has 0 unspecified atom stereocenters. The van der Waals surface area contributed by atoms with Crippen molar-refractivity contribution in [1.29, 1.82) is 0 Å². The van der Waals surface area contributed by atoms with Gasteiger partial charge in [-0.2, -0.15) is 0 Å². The van der Waals surface area contributed by atoms with E-state index < -0.39 is 0 Å². The molecule has 0 aliphatic carbocycles. The molecule has 0 heterocycles. The molecule has 0 atom stereocenters. The van der Waals surface area contributed by atoms with Crippen LogP contribution in [0.4, 0.5) is 5.69 Å². The molecule has 0 aliphatic rings. The van der Waals surface area contributed by atoms with E-state index >= 15 is 0 Å². The van der Waals surface area contributed by atoms with Gasteiger partial charge in [-0.15, -0.1) is 0 Å². The second kappa shape index (κ2) is 7.70. The molecule has 0 saturated carbocycles. The third kappa shape index (κ3) is 4.27. The smallest absolute Gasteiger partial charge is 0.248 e. The van der Waals surface area contributed by atoms with Crippen LogP contribution in [0.15, 0.2) is 42.5 Å². The number of anilines is 1. The van der Waals surface area contributed by atoms with Gasteiger partial charge in [0.15, 0.2) is 0 Å². The standard InChI is InChI=1S/C18H18ClNO3/c1-12-5-4-6-15(19)18(12)20-17(21)10-7-13-11-14(22-2)8-9-16(13)23-3/h4-11H,1-3H3,(H,20,21)/b10-7+. The highest BCUT2D eigenvalue weighted by Gasteiger charge is 2.07. The number of hydrogen-bond donors (Lipinski definition) is 1. The molecule has 2 aromatic carbocycles. The van der Waals surface area contributed by atoms with E-state index in [1.807, 2.05) is 19.1 Å². The molecule has 2 rings (SSSR count). The van der Waals surface area contributed by atoms with Crippen molar-refractivity contribution < 1.29 is 14.3 Å². The van der Waals surface area contributed by atoms with E-state index in [1.165, 1.54) is 6.08 Å². The predicted molar refractivity (Wildman–Crippen MR) is 93.4 cm³/mol. The van der Waals surface area contributed by atoms with Gasteiger partial charge in [-0.25, -0.2) is 0 Å². The van der Waals surface area contributed by atoms with Crippen LogP contribution in [0.2, 0.25) is 5.02 Å². The van der Waals surface area contributed by atoms with Gasteiger partial charge in [0.25, 0.3) is 0 Å². The molecule has 23 heavy (non-hydrogen) atoms. The van der Waals surface area contributed by atoms with Gasteiger partial charge in [0.1, 0.15) is 11.5 Å². The Morgan fingerprint density at radius 1 is 1.17 bits per heavy atom. The van der Waals surface area contributed by atoms with Crippen LogP contribution >= 0.6 is 11.6 Å². The largest absolute Gasteiger partial charge is 0.497 e. The van der Waals surface area contributed by atoms with Crippen molar-refractivity contribution in [2.45, 2.75) is 6.92 Å². The highest BCUT2D eigenvalue weighted by atomic mass is 35.5. The first-order valence-corrected chi connectivity index (χ1v) is 7.39. The topological polar surface area (TPSA) is 47.6 Å². The number of ether oxygens (including phenoxy) is 2. The zero-order valence-electron chi connectivity index (χ0n) is 13.2. The number of rotatable bonds is 5. The summed E-state index contributed by atoms with van der Waals surface area (Å²) in [6.45, 7) is 1.89. The second-order valence-electron chi connectivity index (χ2n) is 4.86. The van der Waals surface area contributed by atoms with Gasteiger partial charge in [-0.1, -0.05) is 23.7 Å². The number of hydrogen-bond acceptors (Lipinski definition) is 3. The average Bonchev–Trinajstić information content (AvgIpc) is 2.56. The van der Waals surface area contributed by atoms with Crippen molar-refractivity contribution in [2.75, 3.05) is 19.5 Å². The Morgan fingerprint density at radius 2 is 1.96 bits per heavy atom. The fourth-order valence-electron chi connectivity index (χ4n) is 2.09. The van der Waals surface area contributed by atoms with Crippen LogP contribution in [0.1, 0.15) is 11.1 Å². The van der Waals surface area contributed by atoms with Crippen LogP contribution < -0.4 is 14.8 Å². The molecule has 0 aromatic heterocycles. The number of nitrogens with one attached hydrogen (secondary N) is 1. The summed E-state index contributed by atoms with van der Waals surface area (Å²) < 4.78 is 10.5. The minimum absolute atomic E-state index is 0.272. The molecule has 0 aliphatic heterocycles. The lowest BCUT2D eigenvalue weighted by Gasteiger charge is -2.09. The zero-order chi connectivity index (χ0) is 16.8. The van der Waals surface area contributed by atoms with Crippen molar-refractivity contribution >= 4 is 29.3 Å². The second-order valence-corrected chi connectivity index (χ2v) is 5.27. The summed E-state index contributed by atoms with van der Waals surface area (Å²) in [5.41, 5.74) is 2.26. The normalized spacial score (nSPS) is 10.6. The first-order valence-electron chi connectivity index (χ1n) is 7.01. The molecular weight excluding hydrogens is 314 g/mol. The summed E-state index contributed by atoms with van der Waals surface area (Å²) >= 11 is 6.10. The van der Waals surface area contributed by atoms with Crippen LogP contribution in [0.5, 0.6) is 11.5 Å². The number of benzene rings is 2. The molecule has 1 N–H and O–H groups in total. The minimum atomic E-state index is -0.272. The molecule has 4 nitrogen and oxygen atoms in total. The van der Waals surface area contributed by atoms with Crippen molar-refractivity contribution in [3.05, 3.63) is 58.6 Å². The molecule has 5 heteroatoms. The summed E-state index contributed by atoms with van der Waals surface area (Å²) in [5.74, 6) is 1.07. The Balaban J connectivity index is 2.18. The van der Waals surface area contributed by atoms with E-state index in [4.69, 9.17) is 21.1 Å². The van der Waals surface area contributed by atoms with Gasteiger partial charge in [0, 0.05) is 11.6 Å². The molecule has 0 spiro atoms. The van der Waals surface area contributed by atoms with Crippen molar-refractivity contribution in [2.24, 2.45) is 0 Å². The first kappa shape index (κ1) is 16.9. The fraction of sp³-hybridized carbons (Fsp3) is 0.167. The molecule has 2 aromatic rings. The lowest BCUT2D eigenvalue weighted by molar-refractivity contribution is -0.111. The number of amides is 1. The van der Waals surface area contributed by atoms with E-state index in [0.717, 1.165) is 11.1 Å².